The van der Waals surface area contributed by atoms with Gasteiger partial charge in [-0.3, -0.25) is 19.7 Å². The molecular weight excluding hydrogens is 560 g/mol. The van der Waals surface area contributed by atoms with Crippen LogP contribution in [0.3, 0.4) is 0 Å². The van der Waals surface area contributed by atoms with Crippen molar-refractivity contribution in [2.45, 2.75) is 52.4 Å². The van der Waals surface area contributed by atoms with Crippen molar-refractivity contribution < 1.29 is 27.7 Å². The Morgan fingerprint density at radius 3 is 2.58 bits per heavy atom. The normalized spacial score (nSPS) is 17.6. The van der Waals surface area contributed by atoms with Crippen LogP contribution in [0.15, 0.2) is 40.1 Å². The van der Waals surface area contributed by atoms with E-state index in [9.17, 15) is 18.4 Å². The number of halogens is 2. The molecule has 1 aliphatic carbocycles. The van der Waals surface area contributed by atoms with Gasteiger partial charge in [-0.15, -0.1) is 0 Å². The van der Waals surface area contributed by atoms with Gasteiger partial charge in [0.1, 0.15) is 11.4 Å². The van der Waals surface area contributed by atoms with Crippen LogP contribution in [0, 0.1) is 36.8 Å². The number of hydrogen-bond donors (Lipinski definition) is 2. The number of nitrogens with one attached hydrogen (secondary N) is 2. The number of pyridine rings is 1. The summed E-state index contributed by atoms with van der Waals surface area (Å²) < 4.78 is 39.3. The fourth-order valence-corrected chi connectivity index (χ4v) is 5.75. The first-order valence-electron chi connectivity index (χ1n) is 13.9. The van der Waals surface area contributed by atoms with E-state index in [1.807, 2.05) is 27.7 Å². The van der Waals surface area contributed by atoms with Gasteiger partial charge in [0.2, 0.25) is 5.91 Å². The summed E-state index contributed by atoms with van der Waals surface area (Å²) in [4.78, 5) is 35.7. The molecule has 0 saturated heterocycles. The third kappa shape index (κ3) is 5.19. The molecule has 3 aromatic heterocycles. The number of carbonyl (C=O) groups is 2. The summed E-state index contributed by atoms with van der Waals surface area (Å²) >= 11 is 0. The van der Waals surface area contributed by atoms with Crippen LogP contribution in [-0.2, 0) is 4.79 Å². The van der Waals surface area contributed by atoms with Gasteiger partial charge in [-0.05, 0) is 50.0 Å². The second-order valence-corrected chi connectivity index (χ2v) is 11.4. The maximum absolute atomic E-state index is 14.5. The predicted molar refractivity (Wildman–Crippen MR) is 151 cm³/mol. The molecule has 43 heavy (non-hydrogen) atoms. The monoisotopic (exact) mass is 589 g/mol. The molecule has 6 rings (SSSR count). The molecule has 2 unspecified atom stereocenters. The lowest BCUT2D eigenvalue weighted by molar-refractivity contribution is -0.119. The number of fused-ring (bicyclic) bond motifs is 1. The number of H-pyrrole nitrogens is 1. The standard InChI is InChI=1S/C30H29F2N7O4/c1-14(2)26-27(39-43-38-26)29(41)34-12-19(25-18-9-20(31)21(32)10-23(18)42-13-30(25)7-8-30)28(40)35-17-5-6-22(33-11-17)24-15(3)36-37-16(24)4/h5-6,9-12,14,19,25H,7-8,13H2,1-4H3,(H,35,40)(H,36,37)/b34-12-. The van der Waals surface area contributed by atoms with Gasteiger partial charge in [0, 0.05) is 46.4 Å². The van der Waals surface area contributed by atoms with E-state index < -0.39 is 40.7 Å². The second kappa shape index (κ2) is 10.8. The van der Waals surface area contributed by atoms with Crippen LogP contribution in [0.5, 0.6) is 5.75 Å². The number of aromatic nitrogens is 5. The molecule has 1 spiro atoms. The number of aromatic amines is 1. The van der Waals surface area contributed by atoms with Crippen LogP contribution in [0.1, 0.15) is 71.7 Å². The summed E-state index contributed by atoms with van der Waals surface area (Å²) in [7, 11) is 0. The number of benzene rings is 1. The zero-order valence-electron chi connectivity index (χ0n) is 23.9. The highest BCUT2D eigenvalue weighted by atomic mass is 19.2. The van der Waals surface area contributed by atoms with Crippen LogP contribution >= 0.6 is 0 Å². The van der Waals surface area contributed by atoms with E-state index in [0.29, 0.717) is 35.5 Å². The Balaban J connectivity index is 1.36. The summed E-state index contributed by atoms with van der Waals surface area (Å²) in [6.07, 6.45) is 4.17. The topological polar surface area (TPSA) is 148 Å². The first kappa shape index (κ1) is 28.3. The number of aryl methyl sites for hydroxylation is 2. The summed E-state index contributed by atoms with van der Waals surface area (Å²) in [5.41, 5.74) is 3.72. The van der Waals surface area contributed by atoms with Crippen molar-refractivity contribution in [1.82, 2.24) is 25.5 Å². The van der Waals surface area contributed by atoms with Gasteiger partial charge in [-0.2, -0.15) is 5.10 Å². The van der Waals surface area contributed by atoms with E-state index >= 15 is 0 Å². The van der Waals surface area contributed by atoms with Gasteiger partial charge in [-0.1, -0.05) is 19.0 Å². The Hall–Kier alpha value is -4.81. The molecule has 1 saturated carbocycles. The van der Waals surface area contributed by atoms with Crippen molar-refractivity contribution in [1.29, 1.82) is 0 Å². The number of carbonyl (C=O) groups excluding carboxylic acids is 2. The number of anilines is 1. The molecule has 4 aromatic rings. The highest BCUT2D eigenvalue weighted by Gasteiger charge is 2.57. The molecular formula is C30H29F2N7O4. The molecule has 1 aromatic carbocycles. The molecule has 2 N–H and O–H groups in total. The number of amides is 2. The minimum Gasteiger partial charge on any atom is -0.493 e. The lowest BCUT2D eigenvalue weighted by atomic mass is 9.73. The summed E-state index contributed by atoms with van der Waals surface area (Å²) in [5.74, 6) is -5.05. The van der Waals surface area contributed by atoms with Crippen LogP contribution in [0.2, 0.25) is 0 Å². The quantitative estimate of drug-likeness (QED) is 0.276. The Morgan fingerprint density at radius 1 is 1.16 bits per heavy atom. The molecule has 13 heteroatoms. The van der Waals surface area contributed by atoms with Crippen molar-refractivity contribution in [2.24, 2.45) is 16.3 Å². The largest absolute Gasteiger partial charge is 0.493 e. The fraction of sp³-hybridized carbons (Fsp3) is 0.367. The number of nitrogens with zero attached hydrogens (tertiary/aromatic N) is 5. The van der Waals surface area contributed by atoms with E-state index in [0.717, 1.165) is 29.1 Å². The van der Waals surface area contributed by atoms with E-state index in [2.05, 4.69) is 35.8 Å². The minimum absolute atomic E-state index is 0.0586. The number of aliphatic imine (C=N–C) groups is 1. The van der Waals surface area contributed by atoms with Gasteiger partial charge < -0.3 is 10.1 Å². The number of hydrogen-bond acceptors (Lipinski definition) is 8. The zero-order valence-corrected chi connectivity index (χ0v) is 23.9. The Labute approximate surface area is 245 Å². The summed E-state index contributed by atoms with van der Waals surface area (Å²) in [6, 6.07) is 5.53. The molecule has 0 radical (unpaired) electrons. The molecule has 4 heterocycles. The average molecular weight is 590 g/mol. The van der Waals surface area contributed by atoms with E-state index in [1.165, 1.54) is 12.4 Å². The van der Waals surface area contributed by atoms with Crippen LogP contribution < -0.4 is 10.1 Å². The third-order valence-corrected chi connectivity index (χ3v) is 8.15. The average Bonchev–Trinajstić information content (AvgIpc) is 3.40. The molecule has 222 valence electrons. The van der Waals surface area contributed by atoms with Crippen molar-refractivity contribution in [3.63, 3.8) is 0 Å². The Morgan fingerprint density at radius 2 is 1.93 bits per heavy atom. The van der Waals surface area contributed by atoms with Crippen molar-refractivity contribution >= 4 is 23.7 Å². The van der Waals surface area contributed by atoms with Crippen LogP contribution in [0.25, 0.3) is 11.3 Å². The van der Waals surface area contributed by atoms with Gasteiger partial charge in [-0.25, -0.2) is 18.4 Å². The second-order valence-electron chi connectivity index (χ2n) is 11.4. The van der Waals surface area contributed by atoms with Gasteiger partial charge in [0.05, 0.1) is 35.8 Å². The summed E-state index contributed by atoms with van der Waals surface area (Å²) in [6.45, 7) is 7.63. The van der Waals surface area contributed by atoms with E-state index in [1.54, 1.807) is 12.1 Å². The van der Waals surface area contributed by atoms with E-state index in [-0.39, 0.29) is 24.0 Å². The van der Waals surface area contributed by atoms with Gasteiger partial charge in [0.25, 0.3) is 0 Å². The predicted octanol–water partition coefficient (Wildman–Crippen LogP) is 5.30. The zero-order chi connectivity index (χ0) is 30.5. The molecule has 0 bridgehead atoms. The van der Waals surface area contributed by atoms with Gasteiger partial charge >= 0.3 is 5.91 Å². The fourth-order valence-electron chi connectivity index (χ4n) is 5.75. The van der Waals surface area contributed by atoms with Crippen LogP contribution in [0.4, 0.5) is 14.5 Å². The van der Waals surface area contributed by atoms with Crippen molar-refractivity contribution in [3.8, 4) is 17.0 Å². The highest BCUT2D eigenvalue weighted by Crippen LogP contribution is 2.62. The number of ether oxygens (including phenoxy) is 1. The lowest BCUT2D eigenvalue weighted by Gasteiger charge is -2.37. The number of rotatable bonds is 7. The highest BCUT2D eigenvalue weighted by molar-refractivity contribution is 6.07. The maximum atomic E-state index is 14.5. The molecule has 1 fully saturated rings. The van der Waals surface area contributed by atoms with Crippen LogP contribution in [-0.4, -0.2) is 50.1 Å². The molecule has 2 atom stereocenters. The van der Waals surface area contributed by atoms with Gasteiger partial charge in [0.15, 0.2) is 17.3 Å². The molecule has 1 aliphatic heterocycles. The first-order valence-corrected chi connectivity index (χ1v) is 13.9. The molecule has 11 nitrogen and oxygen atoms in total. The first-order chi connectivity index (χ1) is 20.6. The Kier molecular flexibility index (Phi) is 7.10. The van der Waals surface area contributed by atoms with E-state index in [4.69, 9.17) is 9.37 Å². The Bertz CT molecular complexity index is 1720. The smallest absolute Gasteiger partial charge is 0.300 e. The SMILES string of the molecule is Cc1n[nH]c(C)c1-c1ccc(NC(=O)C(/C=N\C(=O)c2nonc2C(C)C)C2c3cc(F)c(F)cc3OCC23CC3)cn1. The lowest BCUT2D eigenvalue weighted by Crippen LogP contribution is -2.39. The van der Waals surface area contributed by atoms with Crippen molar-refractivity contribution in [3.05, 3.63) is 70.4 Å². The van der Waals surface area contributed by atoms with Crippen molar-refractivity contribution in [2.75, 3.05) is 11.9 Å². The third-order valence-electron chi connectivity index (χ3n) is 8.15. The maximum Gasteiger partial charge on any atom is 0.300 e. The molecule has 2 aliphatic rings. The summed E-state index contributed by atoms with van der Waals surface area (Å²) in [5, 5.41) is 17.5. The molecule has 2 amide bonds. The minimum atomic E-state index is -1.06.